The smallest absolute Gasteiger partial charge is 0.321 e. The maximum absolute atomic E-state index is 11.3. The van der Waals surface area contributed by atoms with Crippen molar-refractivity contribution in [3.05, 3.63) is 0 Å². The third kappa shape index (κ3) is 3.48. The Morgan fingerprint density at radius 3 is 2.50 bits per heavy atom. The first-order valence-electron chi connectivity index (χ1n) is 5.77. The van der Waals surface area contributed by atoms with Crippen LogP contribution in [0.2, 0.25) is 0 Å². The predicted molar refractivity (Wildman–Crippen MR) is 60.1 cm³/mol. The van der Waals surface area contributed by atoms with E-state index in [9.17, 15) is 14.7 Å². The first kappa shape index (κ1) is 13.0. The maximum Gasteiger partial charge on any atom is 0.321 e. The van der Waals surface area contributed by atoms with Crippen molar-refractivity contribution >= 4 is 11.9 Å². The van der Waals surface area contributed by atoms with Gasteiger partial charge in [0.25, 0.3) is 0 Å². The van der Waals surface area contributed by atoms with E-state index in [-0.39, 0.29) is 18.4 Å². The fourth-order valence-electron chi connectivity index (χ4n) is 1.94. The molecular formula is C11H20N2O3. The second kappa shape index (κ2) is 5.84. The highest BCUT2D eigenvalue weighted by Gasteiger charge is 2.40. The van der Waals surface area contributed by atoms with Crippen LogP contribution < -0.4 is 5.32 Å². The molecular weight excluding hydrogens is 208 g/mol. The summed E-state index contributed by atoms with van der Waals surface area (Å²) in [4.78, 5) is 24.3. The number of carboxylic acids is 1. The molecule has 92 valence electrons. The van der Waals surface area contributed by atoms with Gasteiger partial charge in [0.1, 0.15) is 6.04 Å². The molecule has 0 bridgehead atoms. The van der Waals surface area contributed by atoms with Gasteiger partial charge in [-0.1, -0.05) is 6.92 Å². The van der Waals surface area contributed by atoms with E-state index >= 15 is 0 Å². The van der Waals surface area contributed by atoms with Crippen molar-refractivity contribution in [3.63, 3.8) is 0 Å². The molecule has 5 heteroatoms. The van der Waals surface area contributed by atoms with Crippen molar-refractivity contribution < 1.29 is 14.7 Å². The molecule has 1 aliphatic rings. The summed E-state index contributed by atoms with van der Waals surface area (Å²) in [5.41, 5.74) is 0. The number of amides is 1. The highest BCUT2D eigenvalue weighted by molar-refractivity contribution is 5.80. The van der Waals surface area contributed by atoms with E-state index in [1.54, 1.807) is 11.9 Å². The van der Waals surface area contributed by atoms with Crippen LogP contribution in [0, 0.1) is 5.92 Å². The molecule has 1 saturated carbocycles. The minimum atomic E-state index is -0.806. The molecule has 0 radical (unpaired) electrons. The number of carbonyl (C=O) groups is 2. The lowest BCUT2D eigenvalue weighted by molar-refractivity contribution is -0.144. The number of nitrogens with zero attached hydrogens (tertiary/aromatic N) is 1. The SMILES string of the molecule is CCCN(CC(=O)NC)C(C(=O)O)C1CC1. The summed E-state index contributed by atoms with van der Waals surface area (Å²) in [5, 5.41) is 11.7. The molecule has 1 aliphatic carbocycles. The van der Waals surface area contributed by atoms with E-state index in [4.69, 9.17) is 0 Å². The topological polar surface area (TPSA) is 69.6 Å². The molecule has 0 aromatic heterocycles. The molecule has 1 unspecified atom stereocenters. The van der Waals surface area contributed by atoms with E-state index in [1.807, 2.05) is 6.92 Å². The normalized spacial score (nSPS) is 17.2. The van der Waals surface area contributed by atoms with E-state index in [0.717, 1.165) is 19.3 Å². The van der Waals surface area contributed by atoms with Crippen LogP contribution >= 0.6 is 0 Å². The lowest BCUT2D eigenvalue weighted by atomic mass is 10.1. The zero-order valence-corrected chi connectivity index (χ0v) is 9.90. The molecule has 16 heavy (non-hydrogen) atoms. The molecule has 0 aliphatic heterocycles. The lowest BCUT2D eigenvalue weighted by Crippen LogP contribution is -2.47. The van der Waals surface area contributed by atoms with Gasteiger partial charge in [0.05, 0.1) is 6.54 Å². The molecule has 0 heterocycles. The molecule has 1 atom stereocenters. The van der Waals surface area contributed by atoms with Gasteiger partial charge in [-0.25, -0.2) is 0 Å². The third-order valence-corrected chi connectivity index (χ3v) is 2.85. The highest BCUT2D eigenvalue weighted by atomic mass is 16.4. The molecule has 0 spiro atoms. The summed E-state index contributed by atoms with van der Waals surface area (Å²) < 4.78 is 0. The molecule has 2 N–H and O–H groups in total. The number of carboxylic acid groups (broad SMARTS) is 1. The first-order chi connectivity index (χ1) is 7.60. The number of aliphatic carboxylic acids is 1. The molecule has 1 fully saturated rings. The van der Waals surface area contributed by atoms with Crippen molar-refractivity contribution in [1.82, 2.24) is 10.2 Å². The van der Waals surface area contributed by atoms with Gasteiger partial charge in [-0.15, -0.1) is 0 Å². The fraction of sp³-hybridized carbons (Fsp3) is 0.818. The van der Waals surface area contributed by atoms with E-state index in [0.29, 0.717) is 6.54 Å². The molecule has 1 amide bonds. The Hall–Kier alpha value is -1.10. The Labute approximate surface area is 95.8 Å². The number of carbonyl (C=O) groups excluding carboxylic acids is 1. The Morgan fingerprint density at radius 2 is 2.12 bits per heavy atom. The van der Waals surface area contributed by atoms with Crippen molar-refractivity contribution in [3.8, 4) is 0 Å². The van der Waals surface area contributed by atoms with Crippen LogP contribution in [0.15, 0.2) is 0 Å². The standard InChI is InChI=1S/C11H20N2O3/c1-3-6-13(7-9(14)12-2)10(11(15)16)8-4-5-8/h8,10H,3-7H2,1-2H3,(H,12,14)(H,15,16). The van der Waals surface area contributed by atoms with Crippen LogP contribution in [0.3, 0.4) is 0 Å². The second-order valence-corrected chi connectivity index (χ2v) is 4.26. The van der Waals surface area contributed by atoms with Crippen LogP contribution in [0.1, 0.15) is 26.2 Å². The average Bonchev–Trinajstić information content (AvgIpc) is 3.01. The summed E-state index contributed by atoms with van der Waals surface area (Å²) in [6.45, 7) is 2.82. The number of hydrogen-bond acceptors (Lipinski definition) is 3. The monoisotopic (exact) mass is 228 g/mol. The van der Waals surface area contributed by atoms with Gasteiger partial charge in [0.15, 0.2) is 0 Å². The van der Waals surface area contributed by atoms with Gasteiger partial charge in [0, 0.05) is 7.05 Å². The fourth-order valence-corrected chi connectivity index (χ4v) is 1.94. The van der Waals surface area contributed by atoms with Crippen LogP contribution in [0.4, 0.5) is 0 Å². The Balaban J connectivity index is 2.64. The van der Waals surface area contributed by atoms with Crippen molar-refractivity contribution in [2.24, 2.45) is 5.92 Å². The minimum Gasteiger partial charge on any atom is -0.480 e. The maximum atomic E-state index is 11.3. The van der Waals surface area contributed by atoms with E-state index < -0.39 is 12.0 Å². The summed E-state index contributed by atoms with van der Waals surface area (Å²) in [7, 11) is 1.57. The van der Waals surface area contributed by atoms with Gasteiger partial charge in [-0.05, 0) is 31.7 Å². The quantitative estimate of drug-likeness (QED) is 0.658. The Bertz CT molecular complexity index is 264. The summed E-state index contributed by atoms with van der Waals surface area (Å²) in [6, 6.07) is -0.489. The van der Waals surface area contributed by atoms with Crippen LogP contribution in [0.25, 0.3) is 0 Å². The second-order valence-electron chi connectivity index (χ2n) is 4.26. The predicted octanol–water partition coefficient (Wildman–Crippen LogP) is 0.308. The highest BCUT2D eigenvalue weighted by Crippen LogP contribution is 2.35. The Morgan fingerprint density at radius 1 is 1.50 bits per heavy atom. The molecule has 1 rings (SSSR count). The van der Waals surface area contributed by atoms with Crippen molar-refractivity contribution in [2.75, 3.05) is 20.1 Å². The van der Waals surface area contributed by atoms with Crippen molar-refractivity contribution in [1.29, 1.82) is 0 Å². The molecule has 0 aromatic rings. The summed E-state index contributed by atoms with van der Waals surface area (Å²) in [6.07, 6.45) is 2.78. The van der Waals surface area contributed by atoms with Gasteiger partial charge >= 0.3 is 5.97 Å². The van der Waals surface area contributed by atoms with Crippen LogP contribution in [0.5, 0.6) is 0 Å². The number of hydrogen-bond donors (Lipinski definition) is 2. The zero-order valence-electron chi connectivity index (χ0n) is 9.90. The van der Waals surface area contributed by atoms with Gasteiger partial charge in [-0.3, -0.25) is 14.5 Å². The number of likely N-dealkylation sites (N-methyl/N-ethyl adjacent to an activating group) is 1. The summed E-state index contributed by atoms with van der Waals surface area (Å²) in [5.74, 6) is -0.700. The third-order valence-electron chi connectivity index (χ3n) is 2.85. The number of rotatable bonds is 7. The van der Waals surface area contributed by atoms with Gasteiger partial charge in [-0.2, -0.15) is 0 Å². The summed E-state index contributed by atoms with van der Waals surface area (Å²) >= 11 is 0. The Kier molecular flexibility index (Phi) is 4.73. The lowest BCUT2D eigenvalue weighted by Gasteiger charge is -2.27. The average molecular weight is 228 g/mol. The van der Waals surface area contributed by atoms with E-state index in [1.165, 1.54) is 0 Å². The zero-order chi connectivity index (χ0) is 12.1. The largest absolute Gasteiger partial charge is 0.480 e. The van der Waals surface area contributed by atoms with Crippen LogP contribution in [-0.4, -0.2) is 48.1 Å². The van der Waals surface area contributed by atoms with Gasteiger partial charge in [0.2, 0.25) is 5.91 Å². The molecule has 0 saturated heterocycles. The van der Waals surface area contributed by atoms with Crippen molar-refractivity contribution in [2.45, 2.75) is 32.2 Å². The van der Waals surface area contributed by atoms with Crippen LogP contribution in [-0.2, 0) is 9.59 Å². The molecule has 5 nitrogen and oxygen atoms in total. The minimum absolute atomic E-state index is 0.125. The first-order valence-corrected chi connectivity index (χ1v) is 5.77. The van der Waals surface area contributed by atoms with E-state index in [2.05, 4.69) is 5.32 Å². The number of nitrogens with one attached hydrogen (secondary N) is 1. The van der Waals surface area contributed by atoms with Gasteiger partial charge < -0.3 is 10.4 Å². The molecule has 0 aromatic carbocycles.